The van der Waals surface area contributed by atoms with Gasteiger partial charge in [-0.05, 0) is 55.0 Å². The van der Waals surface area contributed by atoms with E-state index < -0.39 is 6.04 Å². The Hall–Kier alpha value is -3.02. The zero-order valence-electron chi connectivity index (χ0n) is 20.2. The Morgan fingerprint density at radius 1 is 1.03 bits per heavy atom. The zero-order chi connectivity index (χ0) is 23.8. The number of nitrogens with one attached hydrogen (secondary N) is 1. The van der Waals surface area contributed by atoms with Crippen LogP contribution in [0.1, 0.15) is 50.8 Å². The van der Waals surface area contributed by atoms with Gasteiger partial charge in [0.25, 0.3) is 0 Å². The monoisotopic (exact) mass is 452 g/mol. The Labute approximate surface area is 197 Å². The van der Waals surface area contributed by atoms with Gasteiger partial charge in [-0.25, -0.2) is 0 Å². The standard InChI is InChI=1S/C27H36N2O4/c1-5-32-24-12-11-20(16-25(24)33-6-2)13-14-28-27(31)23-17-21-9-7-8-10-22(21)18-29(23)26(30)15-19(3)4/h7-12,16,19,23H,5-6,13-15,17-18H2,1-4H3,(H,28,31). The van der Waals surface area contributed by atoms with Crippen LogP contribution in [0.3, 0.4) is 0 Å². The van der Waals surface area contributed by atoms with Crippen molar-refractivity contribution in [1.29, 1.82) is 0 Å². The van der Waals surface area contributed by atoms with E-state index >= 15 is 0 Å². The molecule has 178 valence electrons. The highest BCUT2D eigenvalue weighted by atomic mass is 16.5. The lowest BCUT2D eigenvalue weighted by Gasteiger charge is -2.36. The second-order valence-corrected chi connectivity index (χ2v) is 8.80. The molecule has 3 rings (SSSR count). The molecule has 1 atom stereocenters. The topological polar surface area (TPSA) is 67.9 Å². The molecule has 6 nitrogen and oxygen atoms in total. The molecule has 0 saturated carbocycles. The molecule has 0 spiro atoms. The van der Waals surface area contributed by atoms with Crippen LogP contribution in [0.4, 0.5) is 0 Å². The lowest BCUT2D eigenvalue weighted by Crippen LogP contribution is -2.53. The van der Waals surface area contributed by atoms with Gasteiger partial charge >= 0.3 is 0 Å². The highest BCUT2D eigenvalue weighted by Gasteiger charge is 2.34. The van der Waals surface area contributed by atoms with Crippen LogP contribution >= 0.6 is 0 Å². The van der Waals surface area contributed by atoms with Gasteiger partial charge in [-0.1, -0.05) is 44.2 Å². The molecule has 1 heterocycles. The smallest absolute Gasteiger partial charge is 0.243 e. The van der Waals surface area contributed by atoms with Crippen LogP contribution in [0.15, 0.2) is 42.5 Å². The molecule has 2 aromatic rings. The maximum absolute atomic E-state index is 13.2. The van der Waals surface area contributed by atoms with Crippen molar-refractivity contribution in [2.24, 2.45) is 5.92 Å². The van der Waals surface area contributed by atoms with Gasteiger partial charge in [0.15, 0.2) is 11.5 Å². The van der Waals surface area contributed by atoms with Crippen LogP contribution in [0.2, 0.25) is 0 Å². The molecule has 0 aliphatic carbocycles. The summed E-state index contributed by atoms with van der Waals surface area (Å²) in [6.45, 7) is 10.0. The Morgan fingerprint density at radius 3 is 2.42 bits per heavy atom. The summed E-state index contributed by atoms with van der Waals surface area (Å²) in [5.74, 6) is 1.63. The van der Waals surface area contributed by atoms with E-state index in [-0.39, 0.29) is 17.7 Å². The van der Waals surface area contributed by atoms with Crippen LogP contribution in [0.5, 0.6) is 11.5 Å². The van der Waals surface area contributed by atoms with Gasteiger partial charge in [-0.15, -0.1) is 0 Å². The third kappa shape index (κ3) is 6.50. The summed E-state index contributed by atoms with van der Waals surface area (Å²) < 4.78 is 11.3. The molecule has 2 amide bonds. The Bertz CT molecular complexity index is 957. The van der Waals surface area contributed by atoms with Crippen LogP contribution < -0.4 is 14.8 Å². The van der Waals surface area contributed by atoms with Crippen LogP contribution in [0, 0.1) is 5.92 Å². The Morgan fingerprint density at radius 2 is 1.73 bits per heavy atom. The van der Waals surface area contributed by atoms with E-state index in [0.29, 0.717) is 45.6 Å². The van der Waals surface area contributed by atoms with Gasteiger partial charge in [-0.3, -0.25) is 9.59 Å². The van der Waals surface area contributed by atoms with Gasteiger partial charge in [-0.2, -0.15) is 0 Å². The third-order valence-corrected chi connectivity index (χ3v) is 5.78. The molecule has 1 unspecified atom stereocenters. The molecule has 1 N–H and O–H groups in total. The Kier molecular flexibility index (Phi) is 8.75. The van der Waals surface area contributed by atoms with Crippen molar-refractivity contribution < 1.29 is 19.1 Å². The number of amides is 2. The minimum Gasteiger partial charge on any atom is -0.490 e. The summed E-state index contributed by atoms with van der Waals surface area (Å²) in [7, 11) is 0. The minimum absolute atomic E-state index is 0.0347. The molecule has 6 heteroatoms. The maximum Gasteiger partial charge on any atom is 0.243 e. The van der Waals surface area contributed by atoms with Gasteiger partial charge < -0.3 is 19.7 Å². The second-order valence-electron chi connectivity index (χ2n) is 8.80. The molecule has 1 aliphatic rings. The molecule has 0 fully saturated rings. The first-order valence-corrected chi connectivity index (χ1v) is 11.9. The number of fused-ring (bicyclic) bond motifs is 1. The molecule has 0 bridgehead atoms. The molecule has 33 heavy (non-hydrogen) atoms. The zero-order valence-corrected chi connectivity index (χ0v) is 20.2. The average molecular weight is 453 g/mol. The van der Waals surface area contributed by atoms with E-state index in [1.807, 2.05) is 64.1 Å². The van der Waals surface area contributed by atoms with Crippen LogP contribution in [-0.2, 0) is 29.0 Å². The fourth-order valence-electron chi connectivity index (χ4n) is 4.18. The quantitative estimate of drug-likeness (QED) is 0.588. The predicted molar refractivity (Wildman–Crippen MR) is 129 cm³/mol. The second kappa shape index (κ2) is 11.7. The van der Waals surface area contributed by atoms with Crippen molar-refractivity contribution in [3.63, 3.8) is 0 Å². The lowest BCUT2D eigenvalue weighted by atomic mass is 9.92. The number of carbonyl (C=O) groups excluding carboxylic acids is 2. The van der Waals surface area contributed by atoms with Crippen molar-refractivity contribution in [2.75, 3.05) is 19.8 Å². The lowest BCUT2D eigenvalue weighted by molar-refractivity contribution is -0.142. The number of carbonyl (C=O) groups is 2. The van der Waals surface area contributed by atoms with E-state index in [1.165, 1.54) is 0 Å². The number of nitrogens with zero attached hydrogens (tertiary/aromatic N) is 1. The number of benzene rings is 2. The van der Waals surface area contributed by atoms with E-state index in [9.17, 15) is 9.59 Å². The van der Waals surface area contributed by atoms with Gasteiger partial charge in [0.1, 0.15) is 6.04 Å². The molecule has 1 aliphatic heterocycles. The summed E-state index contributed by atoms with van der Waals surface area (Å²) in [6.07, 6.45) is 1.66. The van der Waals surface area contributed by atoms with Crippen molar-refractivity contribution in [3.8, 4) is 11.5 Å². The van der Waals surface area contributed by atoms with Crippen molar-refractivity contribution in [3.05, 3.63) is 59.2 Å². The summed E-state index contributed by atoms with van der Waals surface area (Å²) in [4.78, 5) is 27.8. The van der Waals surface area contributed by atoms with Gasteiger partial charge in [0.05, 0.1) is 13.2 Å². The number of ether oxygens (including phenoxy) is 2. The first-order chi connectivity index (χ1) is 15.9. The molecule has 0 saturated heterocycles. The van der Waals surface area contributed by atoms with Crippen LogP contribution in [-0.4, -0.2) is 42.5 Å². The largest absolute Gasteiger partial charge is 0.490 e. The van der Waals surface area contributed by atoms with E-state index in [4.69, 9.17) is 9.47 Å². The summed E-state index contributed by atoms with van der Waals surface area (Å²) in [5, 5.41) is 3.06. The average Bonchev–Trinajstić information content (AvgIpc) is 2.79. The van der Waals surface area contributed by atoms with Gasteiger partial charge in [0, 0.05) is 25.9 Å². The third-order valence-electron chi connectivity index (χ3n) is 5.78. The molecule has 0 aromatic heterocycles. The van der Waals surface area contributed by atoms with E-state index in [2.05, 4.69) is 11.4 Å². The maximum atomic E-state index is 13.2. The molecular weight excluding hydrogens is 416 g/mol. The van der Waals surface area contributed by atoms with E-state index in [0.717, 1.165) is 28.2 Å². The minimum atomic E-state index is -0.481. The summed E-state index contributed by atoms with van der Waals surface area (Å²) in [6, 6.07) is 13.5. The predicted octanol–water partition coefficient (Wildman–Crippen LogP) is 4.14. The first kappa shape index (κ1) is 24.6. The van der Waals surface area contributed by atoms with Gasteiger partial charge in [0.2, 0.25) is 11.8 Å². The number of rotatable bonds is 10. The normalized spacial score (nSPS) is 15.2. The molecule has 2 aromatic carbocycles. The van der Waals surface area contributed by atoms with Crippen molar-refractivity contribution in [2.45, 2.75) is 59.5 Å². The Balaban J connectivity index is 1.66. The summed E-state index contributed by atoms with van der Waals surface area (Å²) in [5.41, 5.74) is 3.32. The summed E-state index contributed by atoms with van der Waals surface area (Å²) >= 11 is 0. The molecular formula is C27H36N2O4. The van der Waals surface area contributed by atoms with Crippen molar-refractivity contribution >= 4 is 11.8 Å². The SMILES string of the molecule is CCOc1ccc(CCNC(=O)C2Cc3ccccc3CN2C(=O)CC(C)C)cc1OCC. The highest BCUT2D eigenvalue weighted by Crippen LogP contribution is 2.29. The van der Waals surface area contributed by atoms with Crippen LogP contribution in [0.25, 0.3) is 0 Å². The first-order valence-electron chi connectivity index (χ1n) is 11.9. The molecule has 0 radical (unpaired) electrons. The fraction of sp³-hybridized carbons (Fsp3) is 0.481. The van der Waals surface area contributed by atoms with E-state index in [1.54, 1.807) is 4.90 Å². The highest BCUT2D eigenvalue weighted by molar-refractivity contribution is 5.88. The number of hydrogen-bond donors (Lipinski definition) is 1. The van der Waals surface area contributed by atoms with Crippen molar-refractivity contribution in [1.82, 2.24) is 10.2 Å². The fourth-order valence-corrected chi connectivity index (χ4v) is 4.18. The number of hydrogen-bond acceptors (Lipinski definition) is 4.